The maximum Gasteiger partial charge on any atom is 0.358 e. The third-order valence-corrected chi connectivity index (χ3v) is 6.41. The van der Waals surface area contributed by atoms with Crippen LogP contribution in [0.25, 0.3) is 0 Å². The van der Waals surface area contributed by atoms with Gasteiger partial charge in [-0.15, -0.1) is 0 Å². The highest BCUT2D eigenvalue weighted by molar-refractivity contribution is 5.96. The molecule has 0 spiro atoms. The van der Waals surface area contributed by atoms with Crippen molar-refractivity contribution in [1.29, 1.82) is 0 Å². The number of rotatable bonds is 6. The molecule has 1 atom stereocenters. The molecule has 36 heavy (non-hydrogen) atoms. The van der Waals surface area contributed by atoms with Crippen LogP contribution < -0.4 is 20.3 Å². The van der Waals surface area contributed by atoms with E-state index in [1.165, 1.54) is 6.07 Å². The predicted molar refractivity (Wildman–Crippen MR) is 136 cm³/mol. The number of nitrogens with one attached hydrogen (secondary N) is 2. The Labute approximate surface area is 211 Å². The van der Waals surface area contributed by atoms with Crippen LogP contribution in [0.3, 0.4) is 0 Å². The minimum Gasteiger partial charge on any atom is -0.497 e. The predicted octanol–water partition coefficient (Wildman–Crippen LogP) is 4.65. The quantitative estimate of drug-likeness (QED) is 0.556. The molecule has 9 heteroatoms. The van der Waals surface area contributed by atoms with E-state index >= 15 is 4.39 Å². The van der Waals surface area contributed by atoms with E-state index in [0.29, 0.717) is 49.7 Å². The number of carbonyl (C=O) groups excluding carboxylic acids is 2. The van der Waals surface area contributed by atoms with Gasteiger partial charge in [-0.05, 0) is 70.9 Å². The van der Waals surface area contributed by atoms with Crippen molar-refractivity contribution in [3.8, 4) is 5.75 Å². The van der Waals surface area contributed by atoms with E-state index in [2.05, 4.69) is 15.5 Å². The average molecular weight is 500 g/mol. The number of nitrogens with zero attached hydrogens (tertiary/aromatic N) is 1. The van der Waals surface area contributed by atoms with Crippen molar-refractivity contribution in [2.75, 3.05) is 42.3 Å². The minimum atomic E-state index is -1.68. The van der Waals surface area contributed by atoms with Crippen molar-refractivity contribution in [2.24, 2.45) is 5.92 Å². The van der Waals surface area contributed by atoms with Gasteiger partial charge >= 0.3 is 11.9 Å². The number of hydrogen-bond donors (Lipinski definition) is 2. The third-order valence-electron chi connectivity index (χ3n) is 6.41. The van der Waals surface area contributed by atoms with E-state index < -0.39 is 23.1 Å². The fourth-order valence-corrected chi connectivity index (χ4v) is 4.63. The molecule has 0 saturated carbocycles. The summed E-state index contributed by atoms with van der Waals surface area (Å²) in [4.78, 5) is 27.8. The summed E-state index contributed by atoms with van der Waals surface area (Å²) in [7, 11) is 1.56. The smallest absolute Gasteiger partial charge is 0.358 e. The summed E-state index contributed by atoms with van der Waals surface area (Å²) in [6.45, 7) is 8.70. The van der Waals surface area contributed by atoms with E-state index in [1.807, 2.05) is 0 Å². The molecular weight excluding hydrogens is 465 g/mol. The second-order valence-electron chi connectivity index (χ2n) is 10.1. The lowest BCUT2D eigenvalue weighted by molar-refractivity contribution is -0.160. The van der Waals surface area contributed by atoms with Crippen LogP contribution in [-0.2, 0) is 24.7 Å². The highest BCUT2D eigenvalue weighted by atomic mass is 19.1. The SMILES string of the molecule is CCOC(=O)C1CCN(c2ccc(F)c(C3(C(=O)OC(C)(C)C)Nc4ccc(OC)cc4N3)c2)CC1. The molecule has 2 aliphatic heterocycles. The van der Waals surface area contributed by atoms with Gasteiger partial charge in [-0.3, -0.25) is 4.79 Å². The first-order chi connectivity index (χ1) is 17.1. The van der Waals surface area contributed by atoms with Gasteiger partial charge in [0, 0.05) is 30.4 Å². The summed E-state index contributed by atoms with van der Waals surface area (Å²) in [6, 6.07) is 10.0. The number of fused-ring (bicyclic) bond motifs is 1. The number of anilines is 3. The Balaban J connectivity index is 1.67. The molecule has 8 nitrogen and oxygen atoms in total. The zero-order valence-corrected chi connectivity index (χ0v) is 21.4. The lowest BCUT2D eigenvalue weighted by Gasteiger charge is -2.35. The molecule has 2 N–H and O–H groups in total. The zero-order valence-electron chi connectivity index (χ0n) is 21.4. The summed E-state index contributed by atoms with van der Waals surface area (Å²) in [5.74, 6) is -0.917. The Bertz CT molecular complexity index is 1140. The number of methoxy groups -OCH3 is 1. The van der Waals surface area contributed by atoms with Gasteiger partial charge in [-0.25, -0.2) is 9.18 Å². The summed E-state index contributed by atoms with van der Waals surface area (Å²) in [5, 5.41) is 6.37. The molecule has 1 unspecified atom stereocenters. The van der Waals surface area contributed by atoms with Crippen LogP contribution in [-0.4, -0.2) is 44.3 Å². The number of benzene rings is 2. The van der Waals surface area contributed by atoms with Crippen LogP contribution in [0.2, 0.25) is 0 Å². The van der Waals surface area contributed by atoms with Crippen LogP contribution in [0.5, 0.6) is 5.75 Å². The van der Waals surface area contributed by atoms with Gasteiger partial charge in [0.1, 0.15) is 17.2 Å². The Hall–Kier alpha value is -3.49. The largest absolute Gasteiger partial charge is 0.497 e. The minimum absolute atomic E-state index is 0.122. The molecule has 4 rings (SSSR count). The van der Waals surface area contributed by atoms with Crippen LogP contribution in [0.4, 0.5) is 21.5 Å². The number of hydrogen-bond acceptors (Lipinski definition) is 8. The van der Waals surface area contributed by atoms with E-state index in [9.17, 15) is 9.59 Å². The van der Waals surface area contributed by atoms with Crippen molar-refractivity contribution in [1.82, 2.24) is 0 Å². The Morgan fingerprint density at radius 2 is 1.78 bits per heavy atom. The van der Waals surface area contributed by atoms with Crippen molar-refractivity contribution in [3.05, 3.63) is 47.8 Å². The molecule has 0 aromatic heterocycles. The van der Waals surface area contributed by atoms with Gasteiger partial charge in [0.15, 0.2) is 0 Å². The molecule has 2 heterocycles. The summed E-state index contributed by atoms with van der Waals surface area (Å²) in [5.41, 5.74) is -0.360. The van der Waals surface area contributed by atoms with Gasteiger partial charge in [0.25, 0.3) is 0 Å². The maximum atomic E-state index is 15.5. The lowest BCUT2D eigenvalue weighted by Crippen LogP contribution is -2.50. The monoisotopic (exact) mass is 499 g/mol. The van der Waals surface area contributed by atoms with Crippen molar-refractivity contribution >= 4 is 29.0 Å². The van der Waals surface area contributed by atoms with Crippen LogP contribution in [0.1, 0.15) is 46.1 Å². The molecule has 0 bridgehead atoms. The van der Waals surface area contributed by atoms with Gasteiger partial charge in [0.2, 0.25) is 5.66 Å². The van der Waals surface area contributed by atoms with Gasteiger partial charge in [-0.1, -0.05) is 0 Å². The van der Waals surface area contributed by atoms with Gasteiger partial charge in [-0.2, -0.15) is 0 Å². The Morgan fingerprint density at radius 3 is 2.42 bits per heavy atom. The number of esters is 2. The van der Waals surface area contributed by atoms with E-state index in [1.54, 1.807) is 65.1 Å². The number of carbonyl (C=O) groups is 2. The van der Waals surface area contributed by atoms with Crippen LogP contribution >= 0.6 is 0 Å². The highest BCUT2D eigenvalue weighted by Gasteiger charge is 2.50. The molecular formula is C27H34FN3O5. The van der Waals surface area contributed by atoms with Crippen LogP contribution in [0, 0.1) is 11.7 Å². The molecule has 1 saturated heterocycles. The normalized spacial score (nSPS) is 19.7. The standard InChI is InChI=1S/C27H34FN3O5/c1-6-35-24(32)17-11-13-31(14-12-17)18-7-9-21(28)20(15-18)27(25(33)36-26(2,3)4)29-22-10-8-19(34-5)16-23(22)30-27/h7-10,15-17,29-30H,6,11-14H2,1-5H3. The summed E-state index contributed by atoms with van der Waals surface area (Å²) >= 11 is 0. The molecule has 1 fully saturated rings. The van der Waals surface area contributed by atoms with Gasteiger partial charge in [0.05, 0.1) is 31.0 Å². The van der Waals surface area contributed by atoms with Crippen molar-refractivity contribution < 1.29 is 28.2 Å². The first-order valence-electron chi connectivity index (χ1n) is 12.3. The maximum absolute atomic E-state index is 15.5. The van der Waals surface area contributed by atoms with Crippen molar-refractivity contribution in [2.45, 2.75) is 51.8 Å². The second kappa shape index (κ2) is 9.87. The molecule has 194 valence electrons. The van der Waals surface area contributed by atoms with E-state index in [-0.39, 0.29) is 17.5 Å². The van der Waals surface area contributed by atoms with E-state index in [4.69, 9.17) is 14.2 Å². The summed E-state index contributed by atoms with van der Waals surface area (Å²) < 4.78 is 31.7. The number of halogens is 1. The molecule has 2 aliphatic rings. The lowest BCUT2D eigenvalue weighted by atomic mass is 9.94. The second-order valence-corrected chi connectivity index (χ2v) is 10.1. The zero-order chi connectivity index (χ0) is 26.1. The number of piperidine rings is 1. The molecule has 0 radical (unpaired) electrons. The average Bonchev–Trinajstić information content (AvgIpc) is 3.23. The first kappa shape index (κ1) is 25.6. The van der Waals surface area contributed by atoms with Crippen molar-refractivity contribution in [3.63, 3.8) is 0 Å². The first-order valence-corrected chi connectivity index (χ1v) is 12.3. The molecule has 0 aliphatic carbocycles. The fraction of sp³-hybridized carbons (Fsp3) is 0.481. The highest BCUT2D eigenvalue weighted by Crippen LogP contribution is 2.44. The fourth-order valence-electron chi connectivity index (χ4n) is 4.63. The Kier molecular flexibility index (Phi) is 7.02. The molecule has 0 amide bonds. The topological polar surface area (TPSA) is 89.1 Å². The molecule has 2 aromatic rings. The summed E-state index contributed by atoms with van der Waals surface area (Å²) in [6.07, 6.45) is 1.29. The Morgan fingerprint density at radius 1 is 1.08 bits per heavy atom. The third kappa shape index (κ3) is 5.05. The number of ether oxygens (including phenoxy) is 3. The van der Waals surface area contributed by atoms with Gasteiger partial charge < -0.3 is 29.7 Å². The van der Waals surface area contributed by atoms with E-state index in [0.717, 1.165) is 5.69 Å². The van der Waals surface area contributed by atoms with Crippen LogP contribution in [0.15, 0.2) is 36.4 Å². The molecule has 2 aromatic carbocycles.